The second-order valence-corrected chi connectivity index (χ2v) is 7.40. The third-order valence-corrected chi connectivity index (χ3v) is 5.93. The van der Waals surface area contributed by atoms with Gasteiger partial charge < -0.3 is 9.88 Å². The minimum absolute atomic E-state index is 0.162. The Kier molecular flexibility index (Phi) is 4.14. The first-order chi connectivity index (χ1) is 11.7. The molecule has 0 radical (unpaired) electrons. The average Bonchev–Trinajstić information content (AvgIpc) is 3.01. The Morgan fingerprint density at radius 1 is 1.29 bits per heavy atom. The van der Waals surface area contributed by atoms with E-state index in [1.807, 2.05) is 18.3 Å². The summed E-state index contributed by atoms with van der Waals surface area (Å²) in [4.78, 5) is 15.1. The number of hydrogen-bond acceptors (Lipinski definition) is 4. The van der Waals surface area contributed by atoms with Crippen molar-refractivity contribution in [3.8, 4) is 0 Å². The van der Waals surface area contributed by atoms with Gasteiger partial charge in [0.15, 0.2) is 0 Å². The molecule has 4 nitrogen and oxygen atoms in total. The summed E-state index contributed by atoms with van der Waals surface area (Å²) in [7, 11) is 2.11. The fourth-order valence-corrected chi connectivity index (χ4v) is 4.31. The molecule has 1 aliphatic rings. The Morgan fingerprint density at radius 3 is 3.00 bits per heavy atom. The molecule has 4 rings (SSSR count). The standard InChI is InChI=1S/C18H19FN4S/c1-23(18-16-5-6-20-17(16)21-11-22-18)14-7-12(8-14)10-24-15-4-2-3-13(19)9-15/h2-6,9,11-12,14H,7-8,10H2,1H3,(H,20,21,22)/t12-,14+. The zero-order valence-corrected chi connectivity index (χ0v) is 14.3. The molecule has 1 aromatic carbocycles. The van der Waals surface area contributed by atoms with Crippen LogP contribution in [0.25, 0.3) is 11.0 Å². The number of fused-ring (bicyclic) bond motifs is 1. The third-order valence-electron chi connectivity index (χ3n) is 4.71. The van der Waals surface area contributed by atoms with Gasteiger partial charge in [-0.15, -0.1) is 11.8 Å². The monoisotopic (exact) mass is 342 g/mol. The molecule has 1 saturated carbocycles. The number of H-pyrrole nitrogens is 1. The van der Waals surface area contributed by atoms with E-state index in [-0.39, 0.29) is 5.82 Å². The van der Waals surface area contributed by atoms with Crippen molar-refractivity contribution in [2.75, 3.05) is 17.7 Å². The highest BCUT2D eigenvalue weighted by Crippen LogP contribution is 2.38. The van der Waals surface area contributed by atoms with Gasteiger partial charge in [0.05, 0.1) is 5.39 Å². The molecule has 0 amide bonds. The number of nitrogens with zero attached hydrogens (tertiary/aromatic N) is 3. The number of thioether (sulfide) groups is 1. The third kappa shape index (κ3) is 2.98. The van der Waals surface area contributed by atoms with Crippen molar-refractivity contribution < 1.29 is 4.39 Å². The molecular weight excluding hydrogens is 323 g/mol. The van der Waals surface area contributed by atoms with Gasteiger partial charge in [-0.05, 0) is 43.0 Å². The second kappa shape index (κ2) is 6.43. The molecule has 2 heterocycles. The predicted molar refractivity (Wildman–Crippen MR) is 95.9 cm³/mol. The van der Waals surface area contributed by atoms with Crippen LogP contribution in [-0.4, -0.2) is 33.8 Å². The lowest BCUT2D eigenvalue weighted by molar-refractivity contribution is 0.286. The first-order valence-electron chi connectivity index (χ1n) is 8.10. The fourth-order valence-electron chi connectivity index (χ4n) is 3.24. The number of hydrogen-bond donors (Lipinski definition) is 1. The molecule has 0 saturated heterocycles. The van der Waals surface area contributed by atoms with Crippen LogP contribution in [-0.2, 0) is 0 Å². The summed E-state index contributed by atoms with van der Waals surface area (Å²) in [5, 5.41) is 1.07. The van der Waals surface area contributed by atoms with Gasteiger partial charge in [0, 0.05) is 29.9 Å². The smallest absolute Gasteiger partial charge is 0.142 e. The summed E-state index contributed by atoms with van der Waals surface area (Å²) >= 11 is 1.74. The Morgan fingerprint density at radius 2 is 2.17 bits per heavy atom. The SMILES string of the molecule is CN(c1ncnc2[nH]ccc12)[C@H]1C[C@@H](CSc2cccc(F)c2)C1. The van der Waals surface area contributed by atoms with E-state index in [1.54, 1.807) is 30.2 Å². The van der Waals surface area contributed by atoms with Crippen LogP contribution in [0.1, 0.15) is 12.8 Å². The minimum Gasteiger partial charge on any atom is -0.356 e. The van der Waals surface area contributed by atoms with E-state index in [4.69, 9.17) is 0 Å². The van der Waals surface area contributed by atoms with Crippen molar-refractivity contribution in [3.63, 3.8) is 0 Å². The molecule has 0 aliphatic heterocycles. The molecule has 2 aromatic heterocycles. The maximum absolute atomic E-state index is 13.2. The van der Waals surface area contributed by atoms with E-state index in [1.165, 1.54) is 6.07 Å². The molecule has 24 heavy (non-hydrogen) atoms. The van der Waals surface area contributed by atoms with E-state index in [0.717, 1.165) is 40.3 Å². The molecule has 3 aromatic rings. The molecule has 0 bridgehead atoms. The fraction of sp³-hybridized carbons (Fsp3) is 0.333. The molecular formula is C18H19FN4S. The molecule has 0 unspecified atom stereocenters. The van der Waals surface area contributed by atoms with Crippen LogP contribution in [0.5, 0.6) is 0 Å². The van der Waals surface area contributed by atoms with Crippen molar-refractivity contribution in [2.45, 2.75) is 23.8 Å². The van der Waals surface area contributed by atoms with Gasteiger partial charge in [0.25, 0.3) is 0 Å². The maximum Gasteiger partial charge on any atom is 0.142 e. The Hall–Kier alpha value is -2.08. The lowest BCUT2D eigenvalue weighted by Gasteiger charge is -2.41. The summed E-state index contributed by atoms with van der Waals surface area (Å²) in [6.07, 6.45) is 5.81. The van der Waals surface area contributed by atoms with Crippen molar-refractivity contribution >= 4 is 28.6 Å². The number of benzene rings is 1. The Balaban J connectivity index is 1.34. The minimum atomic E-state index is -0.162. The predicted octanol–water partition coefficient (Wildman–Crippen LogP) is 4.10. The number of anilines is 1. The topological polar surface area (TPSA) is 44.8 Å². The zero-order chi connectivity index (χ0) is 16.5. The van der Waals surface area contributed by atoms with Crippen LogP contribution in [0.2, 0.25) is 0 Å². The van der Waals surface area contributed by atoms with E-state index in [2.05, 4.69) is 26.9 Å². The highest BCUT2D eigenvalue weighted by molar-refractivity contribution is 7.99. The number of halogens is 1. The average molecular weight is 342 g/mol. The molecule has 1 N–H and O–H groups in total. The molecule has 6 heteroatoms. The van der Waals surface area contributed by atoms with Crippen LogP contribution in [0, 0.1) is 11.7 Å². The van der Waals surface area contributed by atoms with Crippen LogP contribution in [0.4, 0.5) is 10.2 Å². The molecule has 0 atom stereocenters. The summed E-state index contributed by atoms with van der Waals surface area (Å²) in [5.74, 6) is 2.54. The van der Waals surface area contributed by atoms with E-state index >= 15 is 0 Å². The van der Waals surface area contributed by atoms with E-state index in [0.29, 0.717) is 12.0 Å². The summed E-state index contributed by atoms with van der Waals surface area (Å²) < 4.78 is 13.2. The normalized spacial score (nSPS) is 20.1. The van der Waals surface area contributed by atoms with Crippen LogP contribution in [0.3, 0.4) is 0 Å². The molecule has 1 fully saturated rings. The Bertz CT molecular complexity index is 844. The highest BCUT2D eigenvalue weighted by atomic mass is 32.2. The van der Waals surface area contributed by atoms with E-state index in [9.17, 15) is 4.39 Å². The summed E-state index contributed by atoms with van der Waals surface area (Å²) in [6.45, 7) is 0. The van der Waals surface area contributed by atoms with Crippen molar-refractivity contribution in [3.05, 3.63) is 48.7 Å². The number of rotatable bonds is 5. The molecule has 1 aliphatic carbocycles. The Labute approximate surface area is 144 Å². The van der Waals surface area contributed by atoms with Gasteiger partial charge in [-0.25, -0.2) is 14.4 Å². The number of aromatic amines is 1. The molecule has 0 spiro atoms. The lowest BCUT2D eigenvalue weighted by Crippen LogP contribution is -2.43. The van der Waals surface area contributed by atoms with Gasteiger partial charge >= 0.3 is 0 Å². The zero-order valence-electron chi connectivity index (χ0n) is 13.4. The van der Waals surface area contributed by atoms with Gasteiger partial charge in [-0.1, -0.05) is 6.07 Å². The number of nitrogens with one attached hydrogen (secondary N) is 1. The van der Waals surface area contributed by atoms with Crippen molar-refractivity contribution in [1.29, 1.82) is 0 Å². The quantitative estimate of drug-likeness (QED) is 0.709. The highest BCUT2D eigenvalue weighted by Gasteiger charge is 2.33. The summed E-state index contributed by atoms with van der Waals surface area (Å²) in [6, 6.07) is 9.37. The van der Waals surface area contributed by atoms with Gasteiger partial charge in [0.1, 0.15) is 23.6 Å². The van der Waals surface area contributed by atoms with Crippen LogP contribution in [0.15, 0.2) is 47.8 Å². The summed E-state index contributed by atoms with van der Waals surface area (Å²) in [5.41, 5.74) is 0.879. The largest absolute Gasteiger partial charge is 0.356 e. The van der Waals surface area contributed by atoms with Gasteiger partial charge in [0.2, 0.25) is 0 Å². The van der Waals surface area contributed by atoms with Gasteiger partial charge in [-0.2, -0.15) is 0 Å². The maximum atomic E-state index is 13.2. The first-order valence-corrected chi connectivity index (χ1v) is 9.08. The van der Waals surface area contributed by atoms with Crippen LogP contribution < -0.4 is 4.90 Å². The first kappa shape index (κ1) is 15.4. The molecule has 124 valence electrons. The van der Waals surface area contributed by atoms with E-state index < -0.39 is 0 Å². The second-order valence-electron chi connectivity index (χ2n) is 6.31. The van der Waals surface area contributed by atoms with Crippen molar-refractivity contribution in [1.82, 2.24) is 15.0 Å². The van der Waals surface area contributed by atoms with Gasteiger partial charge in [-0.3, -0.25) is 0 Å². The number of aromatic nitrogens is 3. The lowest BCUT2D eigenvalue weighted by atomic mass is 9.81. The van der Waals surface area contributed by atoms with Crippen molar-refractivity contribution in [2.24, 2.45) is 5.92 Å². The van der Waals surface area contributed by atoms with Crippen LogP contribution >= 0.6 is 11.8 Å².